The van der Waals surface area contributed by atoms with Gasteiger partial charge >= 0.3 is 0 Å². The van der Waals surface area contributed by atoms with Crippen molar-refractivity contribution in [1.29, 1.82) is 0 Å². The molecule has 2 aliphatic rings. The molecule has 3 heterocycles. The number of pyridine rings is 1. The average molecular weight is 385 g/mol. The fourth-order valence-corrected chi connectivity index (χ4v) is 4.05. The number of hydrogen-bond donors (Lipinski definition) is 0. The zero-order chi connectivity index (χ0) is 20.0. The van der Waals surface area contributed by atoms with Crippen LogP contribution < -0.4 is 9.96 Å². The molecular weight excluding hydrogens is 366 g/mol. The molecule has 0 spiro atoms. The van der Waals surface area contributed by atoms with Crippen LogP contribution in [0.1, 0.15) is 17.2 Å². The lowest BCUT2D eigenvalue weighted by atomic mass is 9.91. The summed E-state index contributed by atoms with van der Waals surface area (Å²) in [5.74, 6) is -1.24. The van der Waals surface area contributed by atoms with Gasteiger partial charge in [-0.1, -0.05) is 42.0 Å². The summed E-state index contributed by atoms with van der Waals surface area (Å²) in [6.45, 7) is 1.96. The molecule has 1 aromatic heterocycles. The molecular formula is C23H19N3O3. The van der Waals surface area contributed by atoms with Crippen LogP contribution in [-0.4, -0.2) is 22.9 Å². The van der Waals surface area contributed by atoms with E-state index in [2.05, 4.69) is 4.98 Å². The van der Waals surface area contributed by atoms with Gasteiger partial charge in [0.25, 0.3) is 5.91 Å². The third-order valence-corrected chi connectivity index (χ3v) is 5.44. The van der Waals surface area contributed by atoms with Crippen molar-refractivity contribution in [3.63, 3.8) is 0 Å². The van der Waals surface area contributed by atoms with Crippen LogP contribution in [0.15, 0.2) is 79.1 Å². The van der Waals surface area contributed by atoms with Gasteiger partial charge in [-0.3, -0.25) is 19.4 Å². The van der Waals surface area contributed by atoms with Crippen LogP contribution >= 0.6 is 0 Å². The Labute approximate surface area is 168 Å². The zero-order valence-electron chi connectivity index (χ0n) is 15.8. The van der Waals surface area contributed by atoms with E-state index in [1.165, 1.54) is 4.90 Å². The van der Waals surface area contributed by atoms with E-state index in [-0.39, 0.29) is 11.8 Å². The molecule has 2 aromatic carbocycles. The Morgan fingerprint density at radius 3 is 2.31 bits per heavy atom. The van der Waals surface area contributed by atoms with Gasteiger partial charge in [0.1, 0.15) is 5.92 Å². The Hall–Kier alpha value is -3.51. The first kappa shape index (κ1) is 17.6. The number of fused-ring (bicyclic) bond motifs is 1. The van der Waals surface area contributed by atoms with Gasteiger partial charge in [-0.05, 0) is 42.8 Å². The second-order valence-electron chi connectivity index (χ2n) is 7.29. The number of aryl methyl sites for hydroxylation is 1. The van der Waals surface area contributed by atoms with Crippen LogP contribution in [0.5, 0.6) is 0 Å². The van der Waals surface area contributed by atoms with Crippen molar-refractivity contribution in [2.75, 3.05) is 9.96 Å². The number of hydroxylamine groups is 1. The van der Waals surface area contributed by atoms with Gasteiger partial charge in [0.2, 0.25) is 5.91 Å². The molecule has 0 aliphatic carbocycles. The first-order valence-corrected chi connectivity index (χ1v) is 9.50. The largest absolute Gasteiger partial charge is 0.273 e. The molecule has 3 aromatic rings. The molecule has 144 valence electrons. The fraction of sp³-hybridized carbons (Fsp3) is 0.174. The highest BCUT2D eigenvalue weighted by Crippen LogP contribution is 2.47. The maximum Gasteiger partial charge on any atom is 0.266 e. The number of para-hydroxylation sites is 1. The zero-order valence-corrected chi connectivity index (χ0v) is 15.8. The summed E-state index contributed by atoms with van der Waals surface area (Å²) in [6, 6.07) is 20.2. The predicted molar refractivity (Wildman–Crippen MR) is 108 cm³/mol. The lowest BCUT2D eigenvalue weighted by Gasteiger charge is -2.28. The van der Waals surface area contributed by atoms with Crippen LogP contribution in [-0.2, 0) is 14.4 Å². The van der Waals surface area contributed by atoms with E-state index in [0.717, 1.165) is 16.8 Å². The van der Waals surface area contributed by atoms with Gasteiger partial charge < -0.3 is 0 Å². The average Bonchev–Trinajstić information content (AvgIpc) is 3.27. The van der Waals surface area contributed by atoms with Gasteiger partial charge in [0.05, 0.1) is 17.4 Å². The van der Waals surface area contributed by atoms with Crippen LogP contribution in [0.3, 0.4) is 0 Å². The topological polar surface area (TPSA) is 62.7 Å². The number of benzene rings is 2. The number of anilines is 2. The van der Waals surface area contributed by atoms with E-state index >= 15 is 0 Å². The third-order valence-electron chi connectivity index (χ3n) is 5.44. The first-order valence-electron chi connectivity index (χ1n) is 9.50. The van der Waals surface area contributed by atoms with Gasteiger partial charge in [-0.15, -0.1) is 0 Å². The summed E-state index contributed by atoms with van der Waals surface area (Å²) in [4.78, 5) is 38.1. The Kier molecular flexibility index (Phi) is 4.14. The molecule has 2 fully saturated rings. The Morgan fingerprint density at radius 2 is 1.62 bits per heavy atom. The molecule has 3 atom stereocenters. The highest BCUT2D eigenvalue weighted by atomic mass is 16.7. The molecule has 6 heteroatoms. The minimum absolute atomic E-state index is 0.254. The van der Waals surface area contributed by atoms with E-state index in [4.69, 9.17) is 4.84 Å². The van der Waals surface area contributed by atoms with E-state index in [9.17, 15) is 9.59 Å². The maximum absolute atomic E-state index is 13.4. The molecule has 2 aliphatic heterocycles. The number of carbonyl (C=O) groups excluding carboxylic acids is 2. The van der Waals surface area contributed by atoms with E-state index in [1.54, 1.807) is 29.6 Å². The lowest BCUT2D eigenvalue weighted by Crippen LogP contribution is -2.37. The highest BCUT2D eigenvalue weighted by molar-refractivity contribution is 6.23. The summed E-state index contributed by atoms with van der Waals surface area (Å²) in [6.07, 6.45) is 2.54. The number of rotatable bonds is 3. The number of imide groups is 1. The number of aromatic nitrogens is 1. The summed E-state index contributed by atoms with van der Waals surface area (Å²) in [5.41, 5.74) is 3.25. The van der Waals surface area contributed by atoms with Crippen molar-refractivity contribution in [3.8, 4) is 0 Å². The van der Waals surface area contributed by atoms with Gasteiger partial charge in [0, 0.05) is 12.4 Å². The molecule has 0 N–H and O–H groups in total. The number of carbonyl (C=O) groups is 2. The normalized spacial score (nSPS) is 23.6. The van der Waals surface area contributed by atoms with Crippen LogP contribution in [0.4, 0.5) is 11.4 Å². The highest BCUT2D eigenvalue weighted by Gasteiger charge is 2.60. The van der Waals surface area contributed by atoms with Crippen molar-refractivity contribution in [3.05, 3.63) is 90.3 Å². The van der Waals surface area contributed by atoms with E-state index in [1.807, 2.05) is 61.5 Å². The predicted octanol–water partition coefficient (Wildman–Crippen LogP) is 3.44. The number of amides is 2. The molecule has 6 nitrogen and oxygen atoms in total. The van der Waals surface area contributed by atoms with Crippen molar-refractivity contribution < 1.29 is 14.4 Å². The Bertz CT molecular complexity index is 1050. The molecule has 2 amide bonds. The third kappa shape index (κ3) is 2.80. The molecule has 2 saturated heterocycles. The van der Waals surface area contributed by atoms with Crippen LogP contribution in [0.2, 0.25) is 0 Å². The molecule has 0 saturated carbocycles. The minimum atomic E-state index is -0.866. The molecule has 0 bridgehead atoms. The quantitative estimate of drug-likeness (QED) is 0.647. The number of hydrogen-bond acceptors (Lipinski definition) is 5. The molecule has 5 rings (SSSR count). The van der Waals surface area contributed by atoms with Gasteiger partial charge in [0.15, 0.2) is 6.10 Å². The van der Waals surface area contributed by atoms with Crippen LogP contribution in [0, 0.1) is 12.8 Å². The van der Waals surface area contributed by atoms with Crippen molar-refractivity contribution in [2.24, 2.45) is 5.92 Å². The Balaban J connectivity index is 1.58. The maximum atomic E-state index is 13.4. The minimum Gasteiger partial charge on any atom is -0.273 e. The Morgan fingerprint density at radius 1 is 0.862 bits per heavy atom. The first-order chi connectivity index (χ1) is 14.1. The summed E-state index contributed by atoms with van der Waals surface area (Å²) < 4.78 is 0. The van der Waals surface area contributed by atoms with E-state index < -0.39 is 18.1 Å². The van der Waals surface area contributed by atoms with Gasteiger partial charge in [-0.25, -0.2) is 9.96 Å². The molecule has 0 unspecified atom stereocenters. The van der Waals surface area contributed by atoms with Crippen molar-refractivity contribution in [2.45, 2.75) is 19.1 Å². The van der Waals surface area contributed by atoms with Crippen molar-refractivity contribution in [1.82, 2.24) is 4.98 Å². The smallest absolute Gasteiger partial charge is 0.266 e. The molecule has 0 radical (unpaired) electrons. The van der Waals surface area contributed by atoms with E-state index in [0.29, 0.717) is 5.69 Å². The SMILES string of the molecule is Cc1ccc(N2C(=O)[C@H]3[C@H](ON(c4ccccc4)[C@H]3c3cccnc3)C2=O)cc1. The summed E-state index contributed by atoms with van der Waals surface area (Å²) >= 11 is 0. The lowest BCUT2D eigenvalue weighted by molar-refractivity contribution is -0.126. The van der Waals surface area contributed by atoms with Crippen LogP contribution in [0.25, 0.3) is 0 Å². The summed E-state index contributed by atoms with van der Waals surface area (Å²) in [7, 11) is 0. The fourth-order valence-electron chi connectivity index (χ4n) is 4.05. The monoisotopic (exact) mass is 385 g/mol. The second-order valence-corrected chi connectivity index (χ2v) is 7.29. The number of nitrogens with zero attached hydrogens (tertiary/aromatic N) is 3. The molecule has 29 heavy (non-hydrogen) atoms. The standard InChI is InChI=1S/C23H19N3O3/c1-15-9-11-17(12-10-15)25-22(27)19-20(16-6-5-13-24-14-16)26(29-21(19)23(25)28)18-7-3-2-4-8-18/h2-14,19-21H,1H3/t19-,20+,21+/m1/s1. The summed E-state index contributed by atoms with van der Waals surface area (Å²) in [5, 5.41) is 1.68. The second kappa shape index (κ2) is 6.83. The van der Waals surface area contributed by atoms with Gasteiger partial charge in [-0.2, -0.15) is 0 Å². The van der Waals surface area contributed by atoms with Crippen molar-refractivity contribution >= 4 is 23.2 Å².